The molecule has 0 spiro atoms. The Balaban J connectivity index is 1.21. The van der Waals surface area contributed by atoms with Gasteiger partial charge in [-0.2, -0.15) is 0 Å². The van der Waals surface area contributed by atoms with E-state index >= 15 is 0 Å². The third-order valence-corrected chi connectivity index (χ3v) is 6.40. The van der Waals surface area contributed by atoms with Gasteiger partial charge in [-0.3, -0.25) is 4.79 Å². The number of halogens is 1. The number of carbonyl (C=O) groups is 1. The van der Waals surface area contributed by atoms with Gasteiger partial charge < -0.3 is 20.1 Å². The molecule has 1 fully saturated rings. The standard InChI is InChI=1S/C23H27BrN2O3/c24-19-4-1-3-18(15-19)23(28)9-12-26(13-10-23)11-2-14-29-20-7-5-17-6-8-22(27)25-21(17)16-20/h1,3-5,7,15-16,28H,2,6,8-14H2,(H,25,27). The van der Waals surface area contributed by atoms with Crippen molar-refractivity contribution in [3.63, 3.8) is 0 Å². The summed E-state index contributed by atoms with van der Waals surface area (Å²) in [5.74, 6) is 0.871. The smallest absolute Gasteiger partial charge is 0.224 e. The minimum Gasteiger partial charge on any atom is -0.493 e. The van der Waals surface area contributed by atoms with Crippen LogP contribution in [-0.4, -0.2) is 42.2 Å². The number of hydrogen-bond donors (Lipinski definition) is 2. The van der Waals surface area contributed by atoms with Crippen LogP contribution in [0.1, 0.15) is 36.8 Å². The first-order valence-corrected chi connectivity index (χ1v) is 11.1. The zero-order valence-corrected chi connectivity index (χ0v) is 18.1. The Morgan fingerprint density at radius 3 is 2.76 bits per heavy atom. The van der Waals surface area contributed by atoms with Crippen LogP contribution in [0.2, 0.25) is 0 Å². The molecule has 2 N–H and O–H groups in total. The molecule has 2 aliphatic heterocycles. The number of hydrogen-bond acceptors (Lipinski definition) is 4. The molecule has 0 atom stereocenters. The van der Waals surface area contributed by atoms with E-state index in [2.05, 4.69) is 26.1 Å². The van der Waals surface area contributed by atoms with E-state index in [-0.39, 0.29) is 5.91 Å². The number of ether oxygens (including phenoxy) is 1. The number of benzene rings is 2. The molecule has 0 bridgehead atoms. The molecule has 2 aliphatic rings. The molecule has 154 valence electrons. The number of amides is 1. The number of nitrogens with one attached hydrogen (secondary N) is 1. The fourth-order valence-electron chi connectivity index (χ4n) is 4.13. The van der Waals surface area contributed by atoms with Crippen molar-refractivity contribution >= 4 is 27.5 Å². The van der Waals surface area contributed by atoms with Gasteiger partial charge >= 0.3 is 0 Å². The van der Waals surface area contributed by atoms with Gasteiger partial charge in [0.15, 0.2) is 0 Å². The lowest BCUT2D eigenvalue weighted by atomic mass is 9.84. The molecule has 4 rings (SSSR count). The summed E-state index contributed by atoms with van der Waals surface area (Å²) >= 11 is 3.49. The molecule has 0 radical (unpaired) electrons. The topological polar surface area (TPSA) is 61.8 Å². The Hall–Kier alpha value is -1.89. The molecule has 0 aromatic heterocycles. The van der Waals surface area contributed by atoms with Crippen LogP contribution in [0, 0.1) is 0 Å². The van der Waals surface area contributed by atoms with Crippen LogP contribution in [0.15, 0.2) is 46.9 Å². The molecule has 0 aliphatic carbocycles. The Kier molecular flexibility index (Phi) is 6.23. The molecule has 29 heavy (non-hydrogen) atoms. The highest BCUT2D eigenvalue weighted by Crippen LogP contribution is 2.34. The molecule has 6 heteroatoms. The summed E-state index contributed by atoms with van der Waals surface area (Å²) in [5, 5.41) is 13.9. The SMILES string of the molecule is O=C1CCc2ccc(OCCCN3CCC(O)(c4cccc(Br)c4)CC3)cc2N1. The Labute approximate surface area is 180 Å². The molecule has 1 saturated heterocycles. The molecule has 0 saturated carbocycles. The minimum atomic E-state index is -0.732. The normalized spacial score (nSPS) is 18.8. The van der Waals surface area contributed by atoms with E-state index in [0.717, 1.165) is 66.8 Å². The van der Waals surface area contributed by atoms with Crippen molar-refractivity contribution in [2.24, 2.45) is 0 Å². The Bertz CT molecular complexity index is 878. The summed E-state index contributed by atoms with van der Waals surface area (Å²) in [6, 6.07) is 13.9. The summed E-state index contributed by atoms with van der Waals surface area (Å²) in [4.78, 5) is 13.9. The first kappa shape index (κ1) is 20.4. The molecule has 2 aromatic rings. The largest absolute Gasteiger partial charge is 0.493 e. The van der Waals surface area contributed by atoms with Gasteiger partial charge in [-0.1, -0.05) is 34.1 Å². The van der Waals surface area contributed by atoms with E-state index in [4.69, 9.17) is 4.74 Å². The number of aliphatic hydroxyl groups is 1. The van der Waals surface area contributed by atoms with E-state index < -0.39 is 5.60 Å². The van der Waals surface area contributed by atoms with Gasteiger partial charge in [-0.05, 0) is 55.0 Å². The molecule has 0 unspecified atom stereocenters. The maximum atomic E-state index is 11.5. The van der Waals surface area contributed by atoms with Crippen LogP contribution in [0.3, 0.4) is 0 Å². The van der Waals surface area contributed by atoms with E-state index in [1.165, 1.54) is 5.56 Å². The van der Waals surface area contributed by atoms with Gasteiger partial charge in [0.1, 0.15) is 5.75 Å². The maximum absolute atomic E-state index is 11.5. The van der Waals surface area contributed by atoms with Gasteiger partial charge in [-0.15, -0.1) is 0 Å². The van der Waals surface area contributed by atoms with Gasteiger partial charge in [0.2, 0.25) is 5.91 Å². The number of carbonyl (C=O) groups excluding carboxylic acids is 1. The number of anilines is 1. The maximum Gasteiger partial charge on any atom is 0.224 e. The quantitative estimate of drug-likeness (QED) is 0.639. The van der Waals surface area contributed by atoms with Crippen molar-refractivity contribution in [1.29, 1.82) is 0 Å². The average molecular weight is 459 g/mol. The van der Waals surface area contributed by atoms with Gasteiger partial charge in [0.05, 0.1) is 12.2 Å². The van der Waals surface area contributed by atoms with Crippen LogP contribution < -0.4 is 10.1 Å². The fraction of sp³-hybridized carbons (Fsp3) is 0.435. The van der Waals surface area contributed by atoms with E-state index in [9.17, 15) is 9.90 Å². The van der Waals surface area contributed by atoms with Crippen molar-refractivity contribution in [3.05, 3.63) is 58.1 Å². The highest BCUT2D eigenvalue weighted by atomic mass is 79.9. The van der Waals surface area contributed by atoms with Crippen LogP contribution >= 0.6 is 15.9 Å². The highest BCUT2D eigenvalue weighted by Gasteiger charge is 2.33. The summed E-state index contributed by atoms with van der Waals surface area (Å²) in [7, 11) is 0. The van der Waals surface area contributed by atoms with Gasteiger partial charge in [0, 0.05) is 42.3 Å². The molecular weight excluding hydrogens is 432 g/mol. The Morgan fingerprint density at radius 2 is 1.97 bits per heavy atom. The van der Waals surface area contributed by atoms with Crippen LogP contribution in [0.4, 0.5) is 5.69 Å². The summed E-state index contributed by atoms with van der Waals surface area (Å²) in [6.45, 7) is 3.36. The van der Waals surface area contributed by atoms with E-state index in [0.29, 0.717) is 13.0 Å². The zero-order chi connectivity index (χ0) is 20.3. The molecule has 2 aromatic carbocycles. The number of nitrogens with zero attached hydrogens (tertiary/aromatic N) is 1. The van der Waals surface area contributed by atoms with Gasteiger partial charge in [-0.25, -0.2) is 0 Å². The van der Waals surface area contributed by atoms with Crippen molar-refractivity contribution in [2.45, 2.75) is 37.7 Å². The zero-order valence-electron chi connectivity index (χ0n) is 16.5. The van der Waals surface area contributed by atoms with E-state index in [1.54, 1.807) is 0 Å². The minimum absolute atomic E-state index is 0.0718. The lowest BCUT2D eigenvalue weighted by Crippen LogP contribution is -2.43. The van der Waals surface area contributed by atoms with Crippen LogP contribution in [0.25, 0.3) is 0 Å². The van der Waals surface area contributed by atoms with Gasteiger partial charge in [0.25, 0.3) is 0 Å². The number of piperidine rings is 1. The van der Waals surface area contributed by atoms with Crippen molar-refractivity contribution in [2.75, 3.05) is 31.6 Å². The highest BCUT2D eigenvalue weighted by molar-refractivity contribution is 9.10. The van der Waals surface area contributed by atoms with Crippen molar-refractivity contribution in [3.8, 4) is 5.75 Å². The number of rotatable bonds is 6. The lowest BCUT2D eigenvalue weighted by molar-refractivity contribution is -0.116. The summed E-state index contributed by atoms with van der Waals surface area (Å²) in [5.41, 5.74) is 2.31. The first-order chi connectivity index (χ1) is 14.0. The van der Waals surface area contributed by atoms with Crippen molar-refractivity contribution in [1.82, 2.24) is 4.90 Å². The monoisotopic (exact) mass is 458 g/mol. The molecular formula is C23H27BrN2O3. The summed E-state index contributed by atoms with van der Waals surface area (Å²) < 4.78 is 6.89. The third-order valence-electron chi connectivity index (χ3n) is 5.91. The second kappa shape index (κ2) is 8.86. The van der Waals surface area contributed by atoms with Crippen LogP contribution in [0.5, 0.6) is 5.75 Å². The average Bonchev–Trinajstić information content (AvgIpc) is 2.72. The lowest BCUT2D eigenvalue weighted by Gasteiger charge is -2.38. The van der Waals surface area contributed by atoms with E-state index in [1.807, 2.05) is 42.5 Å². The molecule has 2 heterocycles. The number of likely N-dealkylation sites (tertiary alicyclic amines) is 1. The Morgan fingerprint density at radius 1 is 1.14 bits per heavy atom. The molecule has 5 nitrogen and oxygen atoms in total. The second-order valence-electron chi connectivity index (χ2n) is 7.95. The number of fused-ring (bicyclic) bond motifs is 1. The molecule has 1 amide bonds. The first-order valence-electron chi connectivity index (χ1n) is 10.3. The second-order valence-corrected chi connectivity index (χ2v) is 8.87. The fourth-order valence-corrected chi connectivity index (χ4v) is 4.53. The third kappa shape index (κ3) is 5.00. The predicted molar refractivity (Wildman–Crippen MR) is 117 cm³/mol. The summed E-state index contributed by atoms with van der Waals surface area (Å²) in [6.07, 6.45) is 3.77. The predicted octanol–water partition coefficient (Wildman–Crippen LogP) is 4.09. The van der Waals surface area contributed by atoms with Crippen molar-refractivity contribution < 1.29 is 14.6 Å². The number of aryl methyl sites for hydroxylation is 1. The van der Waals surface area contributed by atoms with Crippen LogP contribution in [-0.2, 0) is 16.8 Å².